The van der Waals surface area contributed by atoms with Crippen LogP contribution in [0.3, 0.4) is 0 Å². The van der Waals surface area contributed by atoms with Gasteiger partial charge in [-0.1, -0.05) is 41.1 Å². The van der Waals surface area contributed by atoms with Crippen LogP contribution in [0.25, 0.3) is 0 Å². The molecule has 0 saturated carbocycles. The van der Waals surface area contributed by atoms with Crippen molar-refractivity contribution in [2.75, 3.05) is 0 Å². The third kappa shape index (κ3) is 3.10. The van der Waals surface area contributed by atoms with Gasteiger partial charge in [-0.25, -0.2) is 0 Å². The van der Waals surface area contributed by atoms with Crippen molar-refractivity contribution in [1.82, 2.24) is 0 Å². The first-order valence-electron chi connectivity index (χ1n) is 4.58. The molecule has 0 radical (unpaired) electrons. The molecule has 1 atom stereocenters. The Morgan fingerprint density at radius 3 is 2.64 bits per heavy atom. The van der Waals surface area contributed by atoms with E-state index in [9.17, 15) is 4.79 Å². The molecule has 0 saturated heterocycles. The Balaban J connectivity index is 2.77. The first-order chi connectivity index (χ1) is 6.65. The van der Waals surface area contributed by atoms with Gasteiger partial charge in [-0.15, -0.1) is 0 Å². The third-order valence-electron chi connectivity index (χ3n) is 2.24. The molecule has 3 heteroatoms. The molecular formula is C11H12BrClO. The topological polar surface area (TPSA) is 17.1 Å². The molecule has 1 nitrogen and oxygen atoms in total. The molecule has 0 spiro atoms. The molecule has 0 bridgehead atoms. The van der Waals surface area contributed by atoms with E-state index in [1.165, 1.54) is 0 Å². The zero-order valence-electron chi connectivity index (χ0n) is 7.97. The predicted octanol–water partition coefficient (Wildman–Crippen LogP) is 3.78. The number of hydrogen-bond acceptors (Lipinski definition) is 1. The number of halogens is 2. The first-order valence-corrected chi connectivity index (χ1v) is 5.75. The standard InChI is InChI=1S/C11H12BrClO/c1-2-8(11(13)14)7-9-5-3-4-6-10(9)12/h3-6,8H,2,7H2,1H3. The van der Waals surface area contributed by atoms with E-state index in [0.717, 1.165) is 16.5 Å². The van der Waals surface area contributed by atoms with Gasteiger partial charge in [0.1, 0.15) is 0 Å². The molecule has 1 aromatic rings. The van der Waals surface area contributed by atoms with Crippen molar-refractivity contribution in [2.45, 2.75) is 19.8 Å². The van der Waals surface area contributed by atoms with E-state index in [2.05, 4.69) is 15.9 Å². The van der Waals surface area contributed by atoms with Crippen molar-refractivity contribution in [3.8, 4) is 0 Å². The van der Waals surface area contributed by atoms with Crippen LogP contribution in [0.15, 0.2) is 28.7 Å². The molecular weight excluding hydrogens is 263 g/mol. The fourth-order valence-corrected chi connectivity index (χ4v) is 1.99. The van der Waals surface area contributed by atoms with Crippen molar-refractivity contribution in [2.24, 2.45) is 5.92 Å². The summed E-state index contributed by atoms with van der Waals surface area (Å²) >= 11 is 8.94. The molecule has 0 aromatic heterocycles. The van der Waals surface area contributed by atoms with E-state index in [-0.39, 0.29) is 11.2 Å². The Hall–Kier alpha value is -0.340. The maximum absolute atomic E-state index is 11.0. The minimum atomic E-state index is -0.247. The van der Waals surface area contributed by atoms with Crippen molar-refractivity contribution < 1.29 is 4.79 Å². The van der Waals surface area contributed by atoms with Gasteiger partial charge in [-0.2, -0.15) is 0 Å². The lowest BCUT2D eigenvalue weighted by Gasteiger charge is -2.10. The van der Waals surface area contributed by atoms with Gasteiger partial charge in [-0.3, -0.25) is 4.79 Å². The van der Waals surface area contributed by atoms with E-state index in [0.29, 0.717) is 6.42 Å². The second-order valence-electron chi connectivity index (χ2n) is 3.20. The van der Waals surface area contributed by atoms with Crippen LogP contribution in [0.4, 0.5) is 0 Å². The van der Waals surface area contributed by atoms with Crippen LogP contribution >= 0.6 is 27.5 Å². The van der Waals surface area contributed by atoms with Crippen molar-refractivity contribution in [3.63, 3.8) is 0 Å². The van der Waals surface area contributed by atoms with E-state index < -0.39 is 0 Å². The molecule has 0 amide bonds. The lowest BCUT2D eigenvalue weighted by Crippen LogP contribution is -2.11. The Labute approximate surface area is 97.6 Å². The van der Waals surface area contributed by atoms with Crippen LogP contribution in [-0.4, -0.2) is 5.24 Å². The molecule has 0 N–H and O–H groups in total. The predicted molar refractivity (Wildman–Crippen MR) is 62.5 cm³/mol. The highest BCUT2D eigenvalue weighted by Gasteiger charge is 2.15. The van der Waals surface area contributed by atoms with Crippen LogP contribution in [0.1, 0.15) is 18.9 Å². The van der Waals surface area contributed by atoms with E-state index in [4.69, 9.17) is 11.6 Å². The van der Waals surface area contributed by atoms with Gasteiger partial charge in [0.15, 0.2) is 0 Å². The highest BCUT2D eigenvalue weighted by molar-refractivity contribution is 9.10. The second kappa shape index (κ2) is 5.52. The van der Waals surface area contributed by atoms with Gasteiger partial charge in [-0.05, 0) is 36.1 Å². The molecule has 1 aromatic carbocycles. The molecule has 1 rings (SSSR count). The van der Waals surface area contributed by atoms with Crippen LogP contribution in [-0.2, 0) is 11.2 Å². The van der Waals surface area contributed by atoms with Gasteiger partial charge in [0.2, 0.25) is 5.24 Å². The Kier molecular flexibility index (Phi) is 4.63. The van der Waals surface area contributed by atoms with Gasteiger partial charge in [0.25, 0.3) is 0 Å². The number of benzene rings is 1. The fraction of sp³-hybridized carbons (Fsp3) is 0.364. The minimum Gasteiger partial charge on any atom is -0.281 e. The average Bonchev–Trinajstić information content (AvgIpc) is 2.16. The summed E-state index contributed by atoms with van der Waals surface area (Å²) in [4.78, 5) is 11.0. The molecule has 76 valence electrons. The zero-order chi connectivity index (χ0) is 10.6. The monoisotopic (exact) mass is 274 g/mol. The lowest BCUT2D eigenvalue weighted by atomic mass is 9.98. The summed E-state index contributed by atoms with van der Waals surface area (Å²) in [7, 11) is 0. The van der Waals surface area contributed by atoms with Crippen molar-refractivity contribution in [1.29, 1.82) is 0 Å². The van der Waals surface area contributed by atoms with Crippen molar-refractivity contribution >= 4 is 32.8 Å². The third-order valence-corrected chi connectivity index (χ3v) is 3.32. The number of carbonyl (C=O) groups is 1. The summed E-state index contributed by atoms with van der Waals surface area (Å²) < 4.78 is 1.04. The molecule has 0 fully saturated rings. The van der Waals surface area contributed by atoms with E-state index >= 15 is 0 Å². The van der Waals surface area contributed by atoms with Crippen LogP contribution < -0.4 is 0 Å². The smallest absolute Gasteiger partial charge is 0.225 e. The summed E-state index contributed by atoms with van der Waals surface area (Å²) in [5.41, 5.74) is 1.13. The van der Waals surface area contributed by atoms with Gasteiger partial charge in [0, 0.05) is 10.4 Å². The maximum Gasteiger partial charge on any atom is 0.225 e. The SMILES string of the molecule is CCC(Cc1ccccc1Br)C(=O)Cl. The molecule has 0 heterocycles. The summed E-state index contributed by atoms with van der Waals surface area (Å²) in [6, 6.07) is 7.90. The maximum atomic E-state index is 11.0. The Bertz CT molecular complexity index is 325. The molecule has 1 unspecified atom stereocenters. The Morgan fingerprint density at radius 1 is 1.50 bits per heavy atom. The molecule has 0 aliphatic heterocycles. The quantitative estimate of drug-likeness (QED) is 0.764. The second-order valence-corrected chi connectivity index (χ2v) is 4.43. The highest BCUT2D eigenvalue weighted by Crippen LogP contribution is 2.22. The lowest BCUT2D eigenvalue weighted by molar-refractivity contribution is -0.115. The minimum absolute atomic E-state index is 0.0737. The highest BCUT2D eigenvalue weighted by atomic mass is 79.9. The molecule has 0 aliphatic rings. The number of carbonyl (C=O) groups excluding carboxylic acids is 1. The van der Waals surface area contributed by atoms with Crippen LogP contribution in [0, 0.1) is 5.92 Å². The summed E-state index contributed by atoms with van der Waals surface area (Å²) in [5.74, 6) is -0.0737. The zero-order valence-corrected chi connectivity index (χ0v) is 10.3. The number of hydrogen-bond donors (Lipinski definition) is 0. The normalized spacial score (nSPS) is 12.5. The fourth-order valence-electron chi connectivity index (χ4n) is 1.31. The van der Waals surface area contributed by atoms with Gasteiger partial charge in [0.05, 0.1) is 0 Å². The largest absolute Gasteiger partial charge is 0.281 e. The summed E-state index contributed by atoms with van der Waals surface area (Å²) in [6.07, 6.45) is 1.49. The first kappa shape index (κ1) is 11.7. The summed E-state index contributed by atoms with van der Waals surface area (Å²) in [6.45, 7) is 1.97. The number of rotatable bonds is 4. The molecule has 14 heavy (non-hydrogen) atoms. The molecule has 0 aliphatic carbocycles. The average molecular weight is 276 g/mol. The van der Waals surface area contributed by atoms with Crippen LogP contribution in [0.2, 0.25) is 0 Å². The van der Waals surface area contributed by atoms with E-state index in [1.54, 1.807) is 0 Å². The van der Waals surface area contributed by atoms with Crippen molar-refractivity contribution in [3.05, 3.63) is 34.3 Å². The summed E-state index contributed by atoms with van der Waals surface area (Å²) in [5, 5.41) is -0.247. The van der Waals surface area contributed by atoms with Crippen LogP contribution in [0.5, 0.6) is 0 Å². The Morgan fingerprint density at radius 2 is 2.14 bits per heavy atom. The van der Waals surface area contributed by atoms with Gasteiger partial charge < -0.3 is 0 Å². The van der Waals surface area contributed by atoms with Gasteiger partial charge >= 0.3 is 0 Å². The van der Waals surface area contributed by atoms with E-state index in [1.807, 2.05) is 31.2 Å².